The third kappa shape index (κ3) is 4.28. The van der Waals surface area contributed by atoms with Crippen LogP contribution in [0.2, 0.25) is 5.02 Å². The number of fused-ring (bicyclic) bond motifs is 2. The lowest BCUT2D eigenvalue weighted by molar-refractivity contribution is -0.0706. The molecule has 3 nitrogen and oxygen atoms in total. The molecule has 35 heavy (non-hydrogen) atoms. The Morgan fingerprint density at radius 1 is 0.914 bits per heavy atom. The molecule has 3 aliphatic heterocycles. The zero-order chi connectivity index (χ0) is 23.8. The molecular weight excluding hydrogens is 452 g/mol. The summed E-state index contributed by atoms with van der Waals surface area (Å²) in [6.45, 7) is 1.98. The van der Waals surface area contributed by atoms with Crippen molar-refractivity contribution in [3.8, 4) is 5.75 Å². The number of nitrogens with zero attached hydrogens (tertiary/aromatic N) is 1. The highest BCUT2D eigenvalue weighted by atomic mass is 35.5. The quantitative estimate of drug-likeness (QED) is 0.412. The third-order valence-electron chi connectivity index (χ3n) is 8.87. The molecule has 1 N–H and O–H groups in total. The van der Waals surface area contributed by atoms with Gasteiger partial charge in [-0.2, -0.15) is 0 Å². The molecule has 3 aromatic carbocycles. The lowest BCUT2D eigenvalue weighted by Crippen LogP contribution is -2.69. The van der Waals surface area contributed by atoms with Crippen molar-refractivity contribution in [2.75, 3.05) is 13.7 Å². The SMILES string of the molecule is COc1ccc(Cl)cc1CNC1C2CCN(C3CCCC23)C1C(c1ccccc1)c1ccccc1. The summed E-state index contributed by atoms with van der Waals surface area (Å²) in [6.07, 6.45) is 5.38. The van der Waals surface area contributed by atoms with E-state index in [0.717, 1.165) is 34.8 Å². The minimum atomic E-state index is 0.334. The molecule has 6 atom stereocenters. The van der Waals surface area contributed by atoms with Crippen LogP contribution in [0.25, 0.3) is 0 Å². The topological polar surface area (TPSA) is 24.5 Å². The Kier molecular flexibility index (Phi) is 6.58. The minimum Gasteiger partial charge on any atom is -0.496 e. The summed E-state index contributed by atoms with van der Waals surface area (Å²) >= 11 is 6.38. The molecule has 3 aromatic rings. The normalized spacial score (nSPS) is 29.3. The molecule has 7 rings (SSSR count). The Morgan fingerprint density at radius 3 is 2.31 bits per heavy atom. The van der Waals surface area contributed by atoms with E-state index >= 15 is 0 Å². The van der Waals surface area contributed by atoms with E-state index < -0.39 is 0 Å². The molecule has 0 radical (unpaired) electrons. The first-order chi connectivity index (χ1) is 17.2. The monoisotopic (exact) mass is 486 g/mol. The zero-order valence-corrected chi connectivity index (χ0v) is 21.2. The van der Waals surface area contributed by atoms with Gasteiger partial charge < -0.3 is 10.1 Å². The fraction of sp³-hybridized carbons (Fsp3) is 0.419. The van der Waals surface area contributed by atoms with E-state index in [9.17, 15) is 0 Å². The van der Waals surface area contributed by atoms with E-state index in [2.05, 4.69) is 70.9 Å². The molecular formula is C31H35ClN2O. The molecule has 4 heteroatoms. The molecule has 6 unspecified atom stereocenters. The number of halogens is 1. The van der Waals surface area contributed by atoms with Crippen molar-refractivity contribution in [1.82, 2.24) is 10.2 Å². The maximum atomic E-state index is 6.38. The molecule has 3 saturated heterocycles. The highest BCUT2D eigenvalue weighted by Gasteiger charge is 2.55. The summed E-state index contributed by atoms with van der Waals surface area (Å²) in [5, 5.41) is 4.83. The van der Waals surface area contributed by atoms with Gasteiger partial charge in [0.15, 0.2) is 0 Å². The van der Waals surface area contributed by atoms with E-state index in [1.54, 1.807) is 7.11 Å². The van der Waals surface area contributed by atoms with Gasteiger partial charge in [-0.05, 0) is 67.0 Å². The second-order valence-electron chi connectivity index (χ2n) is 10.5. The Labute approximate surface area is 214 Å². The van der Waals surface area contributed by atoms with Crippen molar-refractivity contribution in [2.24, 2.45) is 11.8 Å². The fourth-order valence-electron chi connectivity index (χ4n) is 7.53. The lowest BCUT2D eigenvalue weighted by Gasteiger charge is -2.60. The van der Waals surface area contributed by atoms with Crippen LogP contribution in [-0.2, 0) is 6.54 Å². The number of piperidine rings is 3. The number of benzene rings is 3. The van der Waals surface area contributed by atoms with Gasteiger partial charge in [-0.15, -0.1) is 0 Å². The Morgan fingerprint density at radius 2 is 1.63 bits per heavy atom. The first-order valence-corrected chi connectivity index (χ1v) is 13.5. The molecule has 0 amide bonds. The van der Waals surface area contributed by atoms with E-state index in [0.29, 0.717) is 23.9 Å². The largest absolute Gasteiger partial charge is 0.496 e. The van der Waals surface area contributed by atoms with Crippen molar-refractivity contribution in [2.45, 2.75) is 56.3 Å². The average Bonchev–Trinajstić information content (AvgIpc) is 3.41. The van der Waals surface area contributed by atoms with Crippen LogP contribution < -0.4 is 10.1 Å². The maximum absolute atomic E-state index is 6.38. The van der Waals surface area contributed by atoms with Crippen LogP contribution in [0.4, 0.5) is 0 Å². The zero-order valence-electron chi connectivity index (χ0n) is 20.4. The van der Waals surface area contributed by atoms with Crippen molar-refractivity contribution in [3.05, 3.63) is 101 Å². The summed E-state index contributed by atoms with van der Waals surface area (Å²) in [4.78, 5) is 2.90. The molecule has 1 aliphatic carbocycles. The summed E-state index contributed by atoms with van der Waals surface area (Å²) in [5.41, 5.74) is 3.96. The Balaban J connectivity index is 1.40. The van der Waals surface area contributed by atoms with E-state index in [1.165, 1.54) is 43.4 Å². The molecule has 0 spiro atoms. The number of nitrogens with one attached hydrogen (secondary N) is 1. The second kappa shape index (κ2) is 9.97. The average molecular weight is 487 g/mol. The fourth-order valence-corrected chi connectivity index (χ4v) is 7.72. The van der Waals surface area contributed by atoms with Crippen LogP contribution in [0, 0.1) is 11.8 Å². The van der Waals surface area contributed by atoms with Gasteiger partial charge in [0.1, 0.15) is 5.75 Å². The number of hydrogen-bond acceptors (Lipinski definition) is 3. The number of methoxy groups -OCH3 is 1. The predicted molar refractivity (Wildman–Crippen MR) is 143 cm³/mol. The van der Waals surface area contributed by atoms with E-state index in [-0.39, 0.29) is 0 Å². The van der Waals surface area contributed by atoms with Crippen LogP contribution in [-0.4, -0.2) is 36.7 Å². The summed E-state index contributed by atoms with van der Waals surface area (Å²) in [5.74, 6) is 2.75. The molecule has 182 valence electrons. The molecule has 0 aromatic heterocycles. The van der Waals surface area contributed by atoms with Gasteiger partial charge in [0, 0.05) is 41.2 Å². The third-order valence-corrected chi connectivity index (χ3v) is 9.10. The second-order valence-corrected chi connectivity index (χ2v) is 10.9. The van der Waals surface area contributed by atoms with Gasteiger partial charge in [0.2, 0.25) is 0 Å². The summed E-state index contributed by atoms with van der Waals surface area (Å²) < 4.78 is 5.68. The first-order valence-electron chi connectivity index (χ1n) is 13.2. The highest BCUT2D eigenvalue weighted by molar-refractivity contribution is 6.30. The summed E-state index contributed by atoms with van der Waals surface area (Å²) in [7, 11) is 1.74. The van der Waals surface area contributed by atoms with Crippen LogP contribution in [0.5, 0.6) is 5.75 Å². The van der Waals surface area contributed by atoms with Crippen LogP contribution in [0.15, 0.2) is 78.9 Å². The van der Waals surface area contributed by atoms with Gasteiger partial charge in [0.25, 0.3) is 0 Å². The van der Waals surface area contributed by atoms with Gasteiger partial charge >= 0.3 is 0 Å². The van der Waals surface area contributed by atoms with E-state index in [4.69, 9.17) is 16.3 Å². The molecule has 4 aliphatic rings. The van der Waals surface area contributed by atoms with Crippen molar-refractivity contribution in [3.63, 3.8) is 0 Å². The summed E-state index contributed by atoms with van der Waals surface area (Å²) in [6, 6.07) is 29.8. The molecule has 3 heterocycles. The maximum Gasteiger partial charge on any atom is 0.123 e. The molecule has 4 fully saturated rings. The number of ether oxygens (including phenoxy) is 1. The number of rotatable bonds is 7. The molecule has 2 bridgehead atoms. The Hall–Kier alpha value is -2.33. The standard InChI is InChI=1S/C31H35ClN2O/c1-35-28-16-15-24(32)19-23(28)20-33-30-26-17-18-34(27-14-8-13-25(26)27)31(30)29(21-9-4-2-5-10-21)22-11-6-3-7-12-22/h2-7,9-12,15-16,19,25-27,29-31,33H,8,13-14,17-18,20H2,1H3. The highest BCUT2D eigenvalue weighted by Crippen LogP contribution is 2.52. The van der Waals surface area contributed by atoms with Crippen molar-refractivity contribution < 1.29 is 4.74 Å². The van der Waals surface area contributed by atoms with Crippen LogP contribution in [0.3, 0.4) is 0 Å². The van der Waals surface area contributed by atoms with Gasteiger partial charge in [-0.25, -0.2) is 0 Å². The van der Waals surface area contributed by atoms with Crippen molar-refractivity contribution >= 4 is 11.6 Å². The van der Waals surface area contributed by atoms with E-state index in [1.807, 2.05) is 18.2 Å². The van der Waals surface area contributed by atoms with Gasteiger partial charge in [-0.3, -0.25) is 4.90 Å². The minimum absolute atomic E-state index is 0.334. The smallest absolute Gasteiger partial charge is 0.123 e. The number of hydrogen-bond donors (Lipinski definition) is 1. The van der Waals surface area contributed by atoms with Gasteiger partial charge in [-0.1, -0.05) is 78.7 Å². The first kappa shape index (κ1) is 23.1. The predicted octanol–water partition coefficient (Wildman–Crippen LogP) is 6.51. The van der Waals surface area contributed by atoms with Crippen molar-refractivity contribution in [1.29, 1.82) is 0 Å². The lowest BCUT2D eigenvalue weighted by atomic mass is 9.64. The van der Waals surface area contributed by atoms with Gasteiger partial charge in [0.05, 0.1) is 7.11 Å². The van der Waals surface area contributed by atoms with Crippen LogP contribution in [0.1, 0.15) is 48.3 Å². The Bertz CT molecular complexity index is 1100. The molecule has 1 saturated carbocycles. The van der Waals surface area contributed by atoms with Crippen LogP contribution >= 0.6 is 11.6 Å².